The van der Waals surface area contributed by atoms with Crippen LogP contribution >= 0.6 is 11.8 Å². The molecule has 48 heavy (non-hydrogen) atoms. The van der Waals surface area contributed by atoms with Crippen molar-refractivity contribution in [3.8, 4) is 11.5 Å². The predicted molar refractivity (Wildman–Crippen MR) is 190 cm³/mol. The zero-order valence-corrected chi connectivity index (χ0v) is 28.7. The molecule has 0 aromatic heterocycles. The summed E-state index contributed by atoms with van der Waals surface area (Å²) in [6.07, 6.45) is 6.99. The van der Waals surface area contributed by atoms with Crippen LogP contribution in [0, 0.1) is 0 Å². The third-order valence-corrected chi connectivity index (χ3v) is 10.9. The Kier molecular flexibility index (Phi) is 12.5. The molecule has 0 aliphatic carbocycles. The molecule has 3 aromatic carbocycles. The molecule has 3 atom stereocenters. The lowest BCUT2D eigenvalue weighted by Crippen LogP contribution is -2.53. The summed E-state index contributed by atoms with van der Waals surface area (Å²) in [5.74, 6) is 2.41. The Labute approximate surface area is 287 Å². The van der Waals surface area contributed by atoms with Gasteiger partial charge in [0, 0.05) is 35.4 Å². The molecule has 2 aliphatic heterocycles. The van der Waals surface area contributed by atoms with Crippen molar-refractivity contribution < 1.29 is 19.1 Å². The molecular formula is C37H46N6O4S. The van der Waals surface area contributed by atoms with Crippen LogP contribution in [-0.2, 0) is 10.3 Å². The van der Waals surface area contributed by atoms with Gasteiger partial charge in [-0.05, 0) is 72.2 Å². The second kappa shape index (κ2) is 17.2. The maximum absolute atomic E-state index is 14.3. The van der Waals surface area contributed by atoms with Crippen molar-refractivity contribution in [2.24, 2.45) is 5.11 Å². The minimum Gasteiger partial charge on any atom is -0.497 e. The minimum atomic E-state index is -0.901. The first-order chi connectivity index (χ1) is 23.5. The van der Waals surface area contributed by atoms with E-state index in [9.17, 15) is 9.59 Å². The van der Waals surface area contributed by atoms with Crippen molar-refractivity contribution in [2.75, 3.05) is 33.1 Å². The Morgan fingerprint density at radius 1 is 0.917 bits per heavy atom. The number of nitrogens with one attached hydrogen (secondary N) is 2. The monoisotopic (exact) mass is 670 g/mol. The largest absolute Gasteiger partial charge is 0.497 e. The number of benzene rings is 3. The van der Waals surface area contributed by atoms with E-state index in [1.807, 2.05) is 54.2 Å². The van der Waals surface area contributed by atoms with Gasteiger partial charge < -0.3 is 25.0 Å². The minimum absolute atomic E-state index is 0.00485. The van der Waals surface area contributed by atoms with E-state index in [1.54, 1.807) is 14.2 Å². The first-order valence-corrected chi connectivity index (χ1v) is 17.9. The standard InChI is InChI=1S/C37H46N6O4S/c1-46-30-20-16-28(17-21-30)37(27-12-6-5-7-13-27,29-18-22-31(47-2)23-19-29)43-32-26-48-33(35(32)41-36(43)45)14-8-9-15-34(44)39-24-10-3-4-11-25-40-42-38/h5-7,12-13,16-23,32-33,35H,3-4,8-11,14-15,24-26H2,1-2H3,(H,39,44)(H,41,45)/t32-,33?,35-/m0/s1. The highest BCUT2D eigenvalue weighted by Gasteiger charge is 2.57. The van der Waals surface area contributed by atoms with Crippen molar-refractivity contribution in [1.82, 2.24) is 15.5 Å². The Bertz CT molecular complexity index is 1480. The van der Waals surface area contributed by atoms with E-state index < -0.39 is 5.54 Å². The molecule has 0 radical (unpaired) electrons. The van der Waals surface area contributed by atoms with Crippen molar-refractivity contribution in [3.05, 3.63) is 106 Å². The van der Waals surface area contributed by atoms with E-state index in [2.05, 4.69) is 62.0 Å². The zero-order chi connectivity index (χ0) is 33.8. The predicted octanol–water partition coefficient (Wildman–Crippen LogP) is 7.42. The number of thioether (sulfide) groups is 1. The van der Waals surface area contributed by atoms with Gasteiger partial charge in [-0.3, -0.25) is 4.79 Å². The van der Waals surface area contributed by atoms with Gasteiger partial charge in [0.05, 0.1) is 26.3 Å². The van der Waals surface area contributed by atoms with Crippen molar-refractivity contribution in [1.29, 1.82) is 0 Å². The molecule has 2 saturated heterocycles. The van der Waals surface area contributed by atoms with Gasteiger partial charge >= 0.3 is 6.03 Å². The van der Waals surface area contributed by atoms with Crippen LogP contribution < -0.4 is 20.1 Å². The maximum atomic E-state index is 14.3. The molecule has 254 valence electrons. The summed E-state index contributed by atoms with van der Waals surface area (Å²) < 4.78 is 11.0. The van der Waals surface area contributed by atoms with Crippen molar-refractivity contribution >= 4 is 23.7 Å². The molecule has 2 aliphatic rings. The number of hydrogen-bond donors (Lipinski definition) is 2. The van der Waals surface area contributed by atoms with Gasteiger partial charge in [0.1, 0.15) is 17.0 Å². The molecule has 11 heteroatoms. The third-order valence-electron chi connectivity index (χ3n) is 9.42. The lowest BCUT2D eigenvalue weighted by molar-refractivity contribution is -0.121. The number of amides is 3. The summed E-state index contributed by atoms with van der Waals surface area (Å²) in [4.78, 5) is 31.5. The van der Waals surface area contributed by atoms with Crippen LogP contribution in [0.15, 0.2) is 84.0 Å². The fourth-order valence-electron chi connectivity index (χ4n) is 7.04. The smallest absolute Gasteiger partial charge is 0.319 e. The molecule has 0 bridgehead atoms. The second-order valence-corrected chi connectivity index (χ2v) is 13.6. The molecule has 3 aromatic rings. The van der Waals surface area contributed by atoms with E-state index >= 15 is 0 Å². The average molecular weight is 671 g/mol. The Balaban J connectivity index is 1.29. The summed E-state index contributed by atoms with van der Waals surface area (Å²) >= 11 is 1.92. The van der Waals surface area contributed by atoms with Crippen molar-refractivity contribution in [3.63, 3.8) is 0 Å². The molecule has 10 nitrogen and oxygen atoms in total. The molecule has 2 fully saturated rings. The number of nitrogens with zero attached hydrogens (tertiary/aromatic N) is 4. The van der Waals surface area contributed by atoms with Crippen LogP contribution in [0.4, 0.5) is 4.79 Å². The summed E-state index contributed by atoms with van der Waals surface area (Å²) in [5, 5.41) is 10.2. The van der Waals surface area contributed by atoms with Gasteiger partial charge in [-0.25, -0.2) is 4.79 Å². The van der Waals surface area contributed by atoms with E-state index in [4.69, 9.17) is 15.0 Å². The van der Waals surface area contributed by atoms with Gasteiger partial charge in [0.15, 0.2) is 0 Å². The molecule has 1 unspecified atom stereocenters. The number of methoxy groups -OCH3 is 2. The third kappa shape index (κ3) is 7.85. The van der Waals surface area contributed by atoms with Gasteiger partial charge in [-0.1, -0.05) is 79.0 Å². The quantitative estimate of drug-likeness (QED) is 0.0364. The van der Waals surface area contributed by atoms with Gasteiger partial charge in [-0.15, -0.1) is 0 Å². The highest BCUT2D eigenvalue weighted by atomic mass is 32.2. The highest BCUT2D eigenvalue weighted by molar-refractivity contribution is 8.00. The highest BCUT2D eigenvalue weighted by Crippen LogP contribution is 2.49. The van der Waals surface area contributed by atoms with E-state index in [1.165, 1.54) is 0 Å². The number of unbranched alkanes of at least 4 members (excludes halogenated alkanes) is 4. The number of ether oxygens (including phenoxy) is 2. The molecule has 2 N–H and O–H groups in total. The lowest BCUT2D eigenvalue weighted by atomic mass is 9.74. The Morgan fingerprint density at radius 2 is 1.54 bits per heavy atom. The van der Waals surface area contributed by atoms with Crippen LogP contribution in [-0.4, -0.2) is 67.2 Å². The van der Waals surface area contributed by atoms with Crippen LogP contribution in [0.5, 0.6) is 11.5 Å². The summed E-state index contributed by atoms with van der Waals surface area (Å²) in [6, 6.07) is 26.2. The number of azide groups is 1. The number of rotatable bonds is 18. The molecule has 5 rings (SSSR count). The van der Waals surface area contributed by atoms with Gasteiger partial charge in [0.2, 0.25) is 5.91 Å². The fraction of sp³-hybridized carbons (Fsp3) is 0.459. The number of fused-ring (bicyclic) bond motifs is 1. The second-order valence-electron chi connectivity index (χ2n) is 12.3. The molecular weight excluding hydrogens is 625 g/mol. The number of hydrogen-bond acceptors (Lipinski definition) is 6. The van der Waals surface area contributed by atoms with E-state index in [0.29, 0.717) is 19.5 Å². The normalized spacial score (nSPS) is 18.5. The van der Waals surface area contributed by atoms with E-state index in [-0.39, 0.29) is 29.3 Å². The van der Waals surface area contributed by atoms with Crippen molar-refractivity contribution in [2.45, 2.75) is 74.2 Å². The van der Waals surface area contributed by atoms with Gasteiger partial charge in [-0.2, -0.15) is 11.8 Å². The Morgan fingerprint density at radius 3 is 2.17 bits per heavy atom. The lowest BCUT2D eigenvalue weighted by Gasteiger charge is -2.45. The topological polar surface area (TPSA) is 129 Å². The number of carbonyl (C=O) groups excluding carboxylic acids is 2. The summed E-state index contributed by atoms with van der Waals surface area (Å²) in [6.45, 7) is 1.21. The zero-order valence-electron chi connectivity index (χ0n) is 27.8. The number of urea groups is 1. The molecule has 0 spiro atoms. The average Bonchev–Trinajstić information content (AvgIpc) is 3.67. The maximum Gasteiger partial charge on any atom is 0.319 e. The fourth-order valence-corrected chi connectivity index (χ4v) is 8.63. The Hall–Kier alpha value is -4.34. The van der Waals surface area contributed by atoms with Crippen LogP contribution in [0.2, 0.25) is 0 Å². The summed E-state index contributed by atoms with van der Waals surface area (Å²) in [7, 11) is 3.31. The molecule has 2 heterocycles. The van der Waals surface area contributed by atoms with E-state index in [0.717, 1.165) is 78.9 Å². The first-order valence-electron chi connectivity index (χ1n) is 16.9. The molecule has 3 amide bonds. The van der Waals surface area contributed by atoms with Crippen LogP contribution in [0.1, 0.15) is 68.1 Å². The summed E-state index contributed by atoms with van der Waals surface area (Å²) in [5.41, 5.74) is 10.4. The molecule has 0 saturated carbocycles. The van der Waals surface area contributed by atoms with Crippen LogP contribution in [0.3, 0.4) is 0 Å². The first kappa shape index (κ1) is 35.0. The number of carbonyl (C=O) groups is 2. The van der Waals surface area contributed by atoms with Crippen LogP contribution in [0.25, 0.3) is 10.4 Å². The van der Waals surface area contributed by atoms with Gasteiger partial charge in [0.25, 0.3) is 0 Å². The SMILES string of the molecule is COc1ccc(C(c2ccccc2)(c2ccc(OC)cc2)N2C(=O)N[C@@H]3C(CCCCC(=O)NCCCCCCN=[N+]=[N-])SC[C@@H]32)cc1.